The van der Waals surface area contributed by atoms with Crippen LogP contribution in [0.5, 0.6) is 17.4 Å². The second kappa shape index (κ2) is 10.9. The maximum absolute atomic E-state index is 13.5. The van der Waals surface area contributed by atoms with Crippen LogP contribution in [0, 0.1) is 13.8 Å². The number of carbonyl (C=O) groups is 1. The van der Waals surface area contributed by atoms with Gasteiger partial charge in [0.15, 0.2) is 5.75 Å². The zero-order valence-electron chi connectivity index (χ0n) is 21.7. The molecule has 0 spiro atoms. The topological polar surface area (TPSA) is 132 Å². The number of urea groups is 1. The molecule has 0 atom stereocenters. The molecule has 3 aromatic carbocycles. The summed E-state index contributed by atoms with van der Waals surface area (Å²) in [6.07, 6.45) is -4.06. The van der Waals surface area contributed by atoms with Crippen LogP contribution in [-0.4, -0.2) is 37.8 Å². The molecule has 0 bridgehead atoms. The van der Waals surface area contributed by atoms with Crippen LogP contribution < -0.4 is 24.8 Å². The van der Waals surface area contributed by atoms with Gasteiger partial charge in [-0.3, -0.25) is 4.72 Å². The van der Waals surface area contributed by atoms with Crippen molar-refractivity contribution in [2.24, 2.45) is 0 Å². The molecule has 3 N–H and O–H groups in total. The van der Waals surface area contributed by atoms with E-state index in [9.17, 15) is 26.4 Å². The van der Waals surface area contributed by atoms with Crippen LogP contribution in [0.4, 0.5) is 35.0 Å². The van der Waals surface area contributed by atoms with E-state index in [1.54, 1.807) is 49.4 Å². The van der Waals surface area contributed by atoms with E-state index in [1.807, 2.05) is 11.6 Å². The number of halogens is 3. The zero-order chi connectivity index (χ0) is 29.2. The highest BCUT2D eigenvalue weighted by molar-refractivity contribution is 7.92. The van der Waals surface area contributed by atoms with Crippen molar-refractivity contribution in [3.05, 3.63) is 71.7 Å². The van der Waals surface area contributed by atoms with E-state index in [-0.39, 0.29) is 10.0 Å². The largest absolute Gasteiger partial charge is 0.492 e. The average Bonchev–Trinajstić information content (AvgIpc) is 2.83. The fourth-order valence-electron chi connectivity index (χ4n) is 3.97. The summed E-state index contributed by atoms with van der Waals surface area (Å²) < 4.78 is 77.2. The van der Waals surface area contributed by atoms with Crippen molar-refractivity contribution in [1.29, 1.82) is 0 Å². The van der Waals surface area contributed by atoms with Gasteiger partial charge in [0, 0.05) is 26.8 Å². The van der Waals surface area contributed by atoms with E-state index < -0.39 is 39.2 Å². The highest BCUT2D eigenvalue weighted by Gasteiger charge is 2.33. The van der Waals surface area contributed by atoms with Crippen molar-refractivity contribution < 1.29 is 40.1 Å². The second-order valence-corrected chi connectivity index (χ2v) is 10.5. The molecule has 0 radical (unpaired) electrons. The third-order valence-corrected chi connectivity index (χ3v) is 6.04. The van der Waals surface area contributed by atoms with Crippen LogP contribution >= 0.6 is 0 Å². The summed E-state index contributed by atoms with van der Waals surface area (Å²) in [7, 11) is -2.84. The number of alkyl halides is 3. The van der Waals surface area contributed by atoms with E-state index in [2.05, 4.69) is 20.6 Å². The highest BCUT2D eigenvalue weighted by Crippen LogP contribution is 2.41. The van der Waals surface area contributed by atoms with E-state index in [0.29, 0.717) is 46.0 Å². The lowest BCUT2D eigenvalue weighted by Gasteiger charge is -2.19. The van der Waals surface area contributed by atoms with Gasteiger partial charge in [0.25, 0.3) is 0 Å². The van der Waals surface area contributed by atoms with Gasteiger partial charge in [0.2, 0.25) is 15.9 Å². The Morgan fingerprint density at radius 3 is 2.20 bits per heavy atom. The minimum Gasteiger partial charge on any atom is -0.492 e. The quantitative estimate of drug-likeness (QED) is 0.218. The number of fused-ring (bicyclic) bond motifs is 1. The number of anilines is 3. The summed E-state index contributed by atoms with van der Waals surface area (Å²) in [4.78, 5) is 21.5. The number of methoxy groups -OCH3 is 1. The minimum absolute atomic E-state index is 0. The van der Waals surface area contributed by atoms with E-state index in [1.165, 1.54) is 0 Å². The Balaban J connectivity index is 0.00000308. The fraction of sp³-hybridized carbons (Fsp3) is 0.192. The Labute approximate surface area is 232 Å². The summed E-state index contributed by atoms with van der Waals surface area (Å²) in [6.45, 7) is 3.55. The lowest BCUT2D eigenvalue weighted by Crippen LogP contribution is -2.21. The van der Waals surface area contributed by atoms with Crippen LogP contribution in [0.3, 0.4) is 0 Å². The van der Waals surface area contributed by atoms with Crippen molar-refractivity contribution in [3.8, 4) is 17.4 Å². The molecular formula is C26H30F3N5O5S. The molecule has 0 saturated carbocycles. The molecule has 1 heterocycles. The molecule has 10 nitrogen and oxygen atoms in total. The lowest BCUT2D eigenvalue weighted by molar-refractivity contribution is -0.137. The van der Waals surface area contributed by atoms with Crippen molar-refractivity contribution in [2.45, 2.75) is 20.0 Å². The van der Waals surface area contributed by atoms with Crippen LogP contribution in [-0.2, 0) is 16.2 Å². The molecule has 2 amide bonds. The first-order valence-electron chi connectivity index (χ1n) is 11.6. The normalized spacial score (nSPS) is 11.7. The van der Waals surface area contributed by atoms with Crippen molar-refractivity contribution >= 4 is 43.9 Å². The number of sulfonamides is 1. The van der Waals surface area contributed by atoms with Gasteiger partial charge < -0.3 is 20.1 Å². The number of hydrogen-bond acceptors (Lipinski definition) is 7. The molecule has 0 fully saturated rings. The molecule has 1 aromatic heterocycles. The smallest absolute Gasteiger partial charge is 0.416 e. The highest BCUT2D eigenvalue weighted by atomic mass is 32.2. The Hall–Kier alpha value is -4.59. The first-order valence-corrected chi connectivity index (χ1v) is 13.5. The number of nitrogens with one attached hydrogen (secondary N) is 3. The lowest BCUT2D eigenvalue weighted by atomic mass is 10.1. The van der Waals surface area contributed by atoms with Gasteiger partial charge in [-0.05, 0) is 38.1 Å². The predicted molar refractivity (Wildman–Crippen MR) is 151 cm³/mol. The number of aromatic nitrogens is 2. The van der Waals surface area contributed by atoms with Gasteiger partial charge in [0.1, 0.15) is 11.6 Å². The van der Waals surface area contributed by atoms with Crippen molar-refractivity contribution in [2.75, 3.05) is 28.7 Å². The number of nitrogens with zero attached hydrogens (tertiary/aromatic N) is 2. The van der Waals surface area contributed by atoms with Gasteiger partial charge in [-0.25, -0.2) is 18.2 Å². The van der Waals surface area contributed by atoms with Crippen molar-refractivity contribution in [3.63, 3.8) is 0 Å². The van der Waals surface area contributed by atoms with Gasteiger partial charge in [-0.1, -0.05) is 24.3 Å². The monoisotopic (exact) mass is 581 g/mol. The number of amides is 2. The summed E-state index contributed by atoms with van der Waals surface area (Å²) in [6, 6.07) is 12.2. The molecule has 0 aliphatic rings. The van der Waals surface area contributed by atoms with Crippen LogP contribution in [0.15, 0.2) is 54.6 Å². The maximum Gasteiger partial charge on any atom is 0.416 e. The second-order valence-electron chi connectivity index (χ2n) is 8.71. The summed E-state index contributed by atoms with van der Waals surface area (Å²) in [5, 5.41) is 6.14. The third kappa shape index (κ3) is 6.69. The third-order valence-electron chi connectivity index (χ3n) is 5.45. The Bertz CT molecular complexity index is 1710. The van der Waals surface area contributed by atoms with E-state index in [4.69, 9.17) is 9.47 Å². The number of rotatable bonds is 7. The SMILES string of the molecule is COc1c(NC(=O)Nc2ccc(Oc3cc(C)nc(C)n3)c3ccccc23)cc(C(F)(F)F)cc1NS(C)(=O)=O.[HH].[HH].[HH]. The molecule has 4 rings (SSSR count). The zero-order valence-corrected chi connectivity index (χ0v) is 22.5. The average molecular weight is 582 g/mol. The van der Waals surface area contributed by atoms with E-state index >= 15 is 0 Å². The van der Waals surface area contributed by atoms with E-state index in [0.717, 1.165) is 19.1 Å². The maximum atomic E-state index is 13.5. The van der Waals surface area contributed by atoms with Gasteiger partial charge >= 0.3 is 12.2 Å². The summed E-state index contributed by atoms with van der Waals surface area (Å²) in [5.41, 5.74) is -1.04. The standard InChI is InChI=1S/C26H24F3N5O5S.3H2/c1-14-11-23(31-15(2)30-14)39-22-10-9-19(17-7-5-6-8-18(17)22)32-25(35)33-20-12-16(26(27,28)29)13-21(24(20)38-3)34-40(4,36)37;;;/h5-13,34H,1-4H3,(H2,32,33,35);3*1H. The van der Waals surface area contributed by atoms with Crippen LogP contribution in [0.1, 0.15) is 21.4 Å². The minimum atomic E-state index is -4.83. The van der Waals surface area contributed by atoms with Crippen LogP contribution in [0.2, 0.25) is 0 Å². The molecule has 14 heteroatoms. The molecule has 0 saturated heterocycles. The Morgan fingerprint density at radius 2 is 1.57 bits per heavy atom. The first-order chi connectivity index (χ1) is 18.7. The summed E-state index contributed by atoms with van der Waals surface area (Å²) in [5.74, 6) is 1.02. The predicted octanol–water partition coefficient (Wildman–Crippen LogP) is 6.82. The van der Waals surface area contributed by atoms with Gasteiger partial charge in [-0.2, -0.15) is 18.2 Å². The molecule has 216 valence electrons. The molecule has 0 aliphatic heterocycles. The molecule has 4 aromatic rings. The Morgan fingerprint density at radius 1 is 0.925 bits per heavy atom. The Kier molecular flexibility index (Phi) is 7.73. The molecule has 40 heavy (non-hydrogen) atoms. The number of ether oxygens (including phenoxy) is 2. The number of carbonyl (C=O) groups excluding carboxylic acids is 1. The number of hydrogen-bond donors (Lipinski definition) is 3. The number of aryl methyl sites for hydroxylation is 2. The number of benzene rings is 3. The van der Waals surface area contributed by atoms with Gasteiger partial charge in [-0.15, -0.1) is 0 Å². The van der Waals surface area contributed by atoms with Crippen LogP contribution in [0.25, 0.3) is 10.8 Å². The summed E-state index contributed by atoms with van der Waals surface area (Å²) >= 11 is 0. The molecular weight excluding hydrogens is 551 g/mol. The van der Waals surface area contributed by atoms with Crippen molar-refractivity contribution in [1.82, 2.24) is 9.97 Å². The first kappa shape index (κ1) is 28.4. The molecule has 0 aliphatic carbocycles. The van der Waals surface area contributed by atoms with Gasteiger partial charge in [0.05, 0.1) is 36.0 Å². The fourth-order valence-corrected chi connectivity index (χ4v) is 4.53. The molecule has 0 unspecified atom stereocenters.